The van der Waals surface area contributed by atoms with E-state index in [1.54, 1.807) is 6.92 Å². The highest BCUT2D eigenvalue weighted by atomic mass is 16.5. The first-order valence-electron chi connectivity index (χ1n) is 8.85. The third-order valence-electron chi connectivity index (χ3n) is 5.79. The Morgan fingerprint density at radius 1 is 1.26 bits per heavy atom. The molecule has 0 unspecified atom stereocenters. The normalized spacial score (nSPS) is 36.0. The van der Waals surface area contributed by atoms with Crippen molar-refractivity contribution in [2.24, 2.45) is 0 Å². The van der Waals surface area contributed by atoms with Gasteiger partial charge in [-0.3, -0.25) is 9.69 Å². The molecule has 0 saturated carbocycles. The minimum absolute atomic E-state index is 0.0908. The van der Waals surface area contributed by atoms with Gasteiger partial charge < -0.3 is 19.9 Å². The Kier molecular flexibility index (Phi) is 4.97. The van der Waals surface area contributed by atoms with Gasteiger partial charge in [0.25, 0.3) is 0 Å². The number of aliphatic hydroxyl groups is 1. The van der Waals surface area contributed by atoms with Crippen LogP contribution in [0.5, 0.6) is 0 Å². The van der Waals surface area contributed by atoms with Crippen LogP contribution in [0.1, 0.15) is 46.0 Å². The maximum absolute atomic E-state index is 11.4. The van der Waals surface area contributed by atoms with Gasteiger partial charge >= 0.3 is 0 Å². The van der Waals surface area contributed by atoms with E-state index in [0.29, 0.717) is 12.5 Å². The highest BCUT2D eigenvalue weighted by molar-refractivity contribution is 5.73. The lowest BCUT2D eigenvalue weighted by Gasteiger charge is -2.52. The first-order valence-corrected chi connectivity index (χ1v) is 8.85. The van der Waals surface area contributed by atoms with Crippen molar-refractivity contribution >= 4 is 5.91 Å². The Morgan fingerprint density at radius 2 is 1.91 bits per heavy atom. The van der Waals surface area contributed by atoms with Crippen LogP contribution < -0.4 is 5.32 Å². The van der Waals surface area contributed by atoms with Gasteiger partial charge in [0, 0.05) is 39.3 Å². The molecule has 1 amide bonds. The molecule has 6 heteroatoms. The zero-order valence-electron chi connectivity index (χ0n) is 14.3. The monoisotopic (exact) mass is 326 g/mol. The number of hydrogen-bond acceptors (Lipinski definition) is 5. The molecule has 23 heavy (non-hydrogen) atoms. The minimum Gasteiger partial charge on any atom is -0.386 e. The zero-order valence-corrected chi connectivity index (χ0v) is 14.3. The van der Waals surface area contributed by atoms with Gasteiger partial charge in [0.15, 0.2) is 0 Å². The minimum atomic E-state index is -0.991. The van der Waals surface area contributed by atoms with Crippen LogP contribution in [0.15, 0.2) is 0 Å². The molecule has 6 nitrogen and oxygen atoms in total. The van der Waals surface area contributed by atoms with E-state index in [1.165, 1.54) is 6.92 Å². The van der Waals surface area contributed by atoms with Crippen LogP contribution in [0.4, 0.5) is 0 Å². The second-order valence-electron chi connectivity index (χ2n) is 7.67. The lowest BCUT2D eigenvalue weighted by atomic mass is 9.77. The highest BCUT2D eigenvalue weighted by Crippen LogP contribution is 2.39. The molecule has 3 aliphatic rings. The smallest absolute Gasteiger partial charge is 0.217 e. The molecule has 132 valence electrons. The quantitative estimate of drug-likeness (QED) is 0.781. The third kappa shape index (κ3) is 3.87. The van der Waals surface area contributed by atoms with E-state index in [2.05, 4.69) is 10.2 Å². The Hall–Kier alpha value is -0.690. The van der Waals surface area contributed by atoms with Crippen LogP contribution in [-0.4, -0.2) is 72.1 Å². The number of nitrogens with one attached hydrogen (secondary N) is 1. The molecule has 0 aromatic rings. The van der Waals surface area contributed by atoms with Gasteiger partial charge in [-0.1, -0.05) is 0 Å². The van der Waals surface area contributed by atoms with Gasteiger partial charge in [-0.05, 0) is 39.0 Å². The van der Waals surface area contributed by atoms with Gasteiger partial charge in [-0.25, -0.2) is 0 Å². The second kappa shape index (κ2) is 6.67. The van der Waals surface area contributed by atoms with Crippen molar-refractivity contribution < 1.29 is 19.4 Å². The molecule has 2 N–H and O–H groups in total. The molecule has 3 rings (SSSR count). The van der Waals surface area contributed by atoms with Gasteiger partial charge in [-0.2, -0.15) is 0 Å². The standard InChI is InChI=1S/C17H30N2O4/c1-13(20)18-15-11-17(23-12-16(15,2)21)5-7-19(8-6-17)14-3-9-22-10-4-14/h14-15,21H,3-12H2,1-2H3,(H,18,20)/t15-,16-/m0/s1. The number of hydrogen-bond donors (Lipinski definition) is 2. The van der Waals surface area contributed by atoms with Gasteiger partial charge in [-0.15, -0.1) is 0 Å². The summed E-state index contributed by atoms with van der Waals surface area (Å²) in [5.41, 5.74) is -1.19. The van der Waals surface area contributed by atoms with Crippen molar-refractivity contribution in [1.29, 1.82) is 0 Å². The number of piperidine rings is 1. The van der Waals surface area contributed by atoms with E-state index < -0.39 is 5.60 Å². The molecular formula is C17H30N2O4. The summed E-state index contributed by atoms with van der Waals surface area (Å²) in [4.78, 5) is 14.0. The first kappa shape index (κ1) is 17.1. The van der Waals surface area contributed by atoms with Crippen molar-refractivity contribution in [3.8, 4) is 0 Å². The zero-order chi connectivity index (χ0) is 16.5. The number of carbonyl (C=O) groups is 1. The van der Waals surface area contributed by atoms with E-state index in [0.717, 1.165) is 52.0 Å². The largest absolute Gasteiger partial charge is 0.386 e. The van der Waals surface area contributed by atoms with Crippen LogP contribution in [0.3, 0.4) is 0 Å². The summed E-state index contributed by atoms with van der Waals surface area (Å²) in [5.74, 6) is -0.0908. The number of carbonyl (C=O) groups excluding carboxylic acids is 1. The summed E-state index contributed by atoms with van der Waals surface area (Å²) in [6.07, 6.45) is 4.88. The van der Waals surface area contributed by atoms with E-state index in [-0.39, 0.29) is 24.2 Å². The van der Waals surface area contributed by atoms with Crippen LogP contribution in [0.25, 0.3) is 0 Å². The SMILES string of the molecule is CC(=O)N[C@H]1CC2(CCN(C3CCOCC3)CC2)OC[C@]1(C)O. The Bertz CT molecular complexity index is 426. The van der Waals surface area contributed by atoms with E-state index in [9.17, 15) is 9.90 Å². The summed E-state index contributed by atoms with van der Waals surface area (Å²) < 4.78 is 11.6. The van der Waals surface area contributed by atoms with Gasteiger partial charge in [0.05, 0.1) is 18.2 Å². The molecular weight excluding hydrogens is 296 g/mol. The Balaban J connectivity index is 1.59. The Morgan fingerprint density at radius 3 is 2.52 bits per heavy atom. The lowest BCUT2D eigenvalue weighted by molar-refractivity contribution is -0.195. The maximum atomic E-state index is 11.4. The van der Waals surface area contributed by atoms with Crippen molar-refractivity contribution in [2.45, 2.75) is 69.2 Å². The van der Waals surface area contributed by atoms with Crippen molar-refractivity contribution in [1.82, 2.24) is 10.2 Å². The van der Waals surface area contributed by atoms with Crippen LogP contribution in [0, 0.1) is 0 Å². The molecule has 0 bridgehead atoms. The fourth-order valence-electron chi connectivity index (χ4n) is 4.20. The maximum Gasteiger partial charge on any atom is 0.217 e. The topological polar surface area (TPSA) is 71.0 Å². The van der Waals surface area contributed by atoms with Crippen molar-refractivity contribution in [3.63, 3.8) is 0 Å². The predicted octanol–water partition coefficient (Wildman–Crippen LogP) is 0.676. The molecule has 3 saturated heterocycles. The molecule has 2 atom stereocenters. The summed E-state index contributed by atoms with van der Waals surface area (Å²) in [7, 11) is 0. The average Bonchev–Trinajstić information content (AvgIpc) is 2.53. The molecule has 3 heterocycles. The van der Waals surface area contributed by atoms with Crippen LogP contribution in [0.2, 0.25) is 0 Å². The molecule has 3 aliphatic heterocycles. The molecule has 3 fully saturated rings. The van der Waals surface area contributed by atoms with Crippen LogP contribution >= 0.6 is 0 Å². The number of likely N-dealkylation sites (tertiary alicyclic amines) is 1. The molecule has 1 spiro atoms. The summed E-state index contributed by atoms with van der Waals surface area (Å²) in [5, 5.41) is 13.4. The predicted molar refractivity (Wildman–Crippen MR) is 86.2 cm³/mol. The molecule has 0 aromatic heterocycles. The van der Waals surface area contributed by atoms with Gasteiger partial charge in [0.2, 0.25) is 5.91 Å². The number of amides is 1. The first-order chi connectivity index (χ1) is 10.9. The number of ether oxygens (including phenoxy) is 2. The fraction of sp³-hybridized carbons (Fsp3) is 0.941. The number of rotatable bonds is 2. The second-order valence-corrected chi connectivity index (χ2v) is 7.67. The van der Waals surface area contributed by atoms with E-state index >= 15 is 0 Å². The third-order valence-corrected chi connectivity index (χ3v) is 5.79. The highest BCUT2D eigenvalue weighted by Gasteiger charge is 2.49. The molecule has 0 aliphatic carbocycles. The van der Waals surface area contributed by atoms with E-state index in [1.807, 2.05) is 0 Å². The lowest BCUT2D eigenvalue weighted by Crippen LogP contribution is -2.64. The molecule has 0 radical (unpaired) electrons. The average molecular weight is 326 g/mol. The molecule has 0 aromatic carbocycles. The summed E-state index contributed by atoms with van der Waals surface area (Å²) in [6, 6.07) is 0.405. The summed E-state index contributed by atoms with van der Waals surface area (Å²) in [6.45, 7) is 7.34. The van der Waals surface area contributed by atoms with E-state index in [4.69, 9.17) is 9.47 Å². The fourth-order valence-corrected chi connectivity index (χ4v) is 4.20. The van der Waals surface area contributed by atoms with Crippen LogP contribution in [-0.2, 0) is 14.3 Å². The van der Waals surface area contributed by atoms with Crippen molar-refractivity contribution in [2.75, 3.05) is 32.9 Å². The van der Waals surface area contributed by atoms with Gasteiger partial charge in [0.1, 0.15) is 5.60 Å². The summed E-state index contributed by atoms with van der Waals surface area (Å²) >= 11 is 0. The Labute approximate surface area is 138 Å². The van der Waals surface area contributed by atoms with Crippen molar-refractivity contribution in [3.05, 3.63) is 0 Å². The number of nitrogens with zero attached hydrogens (tertiary/aromatic N) is 1.